The summed E-state index contributed by atoms with van der Waals surface area (Å²) in [5, 5.41) is 4.94. The largest absolute Gasteiger partial charge is 0.457 e. The van der Waals surface area contributed by atoms with Gasteiger partial charge in [0.05, 0.1) is 66.7 Å². The first-order valence-corrected chi connectivity index (χ1v) is 31.7. The van der Waals surface area contributed by atoms with Crippen LogP contribution in [0, 0.1) is 0 Å². The minimum Gasteiger partial charge on any atom is -0.457 e. The van der Waals surface area contributed by atoms with Crippen molar-refractivity contribution in [2.75, 3.05) is 9.80 Å². The van der Waals surface area contributed by atoms with E-state index < -0.39 is 10.8 Å². The highest BCUT2D eigenvalue weighted by atomic mass is 16.5. The summed E-state index contributed by atoms with van der Waals surface area (Å²) in [5.74, 6) is 3.53. The summed E-state index contributed by atoms with van der Waals surface area (Å²) in [5.41, 5.74) is 26.9. The standard InChI is InChI=1S/C86H52N4O2/c1-11-31-69-59(21-1)81-57(53-41-45-55(46-42-53)87-71-33-13-3-23-61(71)85(62-24-4-14-34-72(62)87)65-27-7-17-37-77(65)91-78-38-18-8-28-66(78)85)49-51-75-83(81)89(69)76-52-50-58(82-60-22-2-12-32-70(60)90(75)84(76)82)54-43-47-56(48-44-54)88-73-35-15-5-25-63(73)86(64-26-6-16-36-74(64)88)67-29-9-19-39-79(67)92-80-40-20-10-30-68(80)86/h1-52H. The Labute approximate surface area is 529 Å². The van der Waals surface area contributed by atoms with Crippen molar-refractivity contribution >= 4 is 88.8 Å². The Balaban J connectivity index is 0.704. The van der Waals surface area contributed by atoms with Crippen molar-refractivity contribution in [2.24, 2.45) is 0 Å². The van der Waals surface area contributed by atoms with Gasteiger partial charge >= 0.3 is 0 Å². The first kappa shape index (κ1) is 49.8. The zero-order chi connectivity index (χ0) is 60.0. The first-order chi connectivity index (χ1) is 45.7. The maximum atomic E-state index is 6.69. The topological polar surface area (TPSA) is 33.8 Å². The number of hydrogen-bond acceptors (Lipinski definition) is 4. The normalized spacial score (nSPS) is 14.4. The van der Waals surface area contributed by atoms with Gasteiger partial charge in [-0.15, -0.1) is 0 Å². The highest BCUT2D eigenvalue weighted by Gasteiger charge is 2.53. The summed E-state index contributed by atoms with van der Waals surface area (Å²) in [6.07, 6.45) is 0. The highest BCUT2D eigenvalue weighted by molar-refractivity contribution is 6.26. The second-order valence-electron chi connectivity index (χ2n) is 24.9. The lowest BCUT2D eigenvalue weighted by atomic mass is 9.61. The lowest BCUT2D eigenvalue weighted by Crippen LogP contribution is -2.39. The van der Waals surface area contributed by atoms with Gasteiger partial charge in [0.15, 0.2) is 0 Å². The number of hydrogen-bond donors (Lipinski definition) is 0. The van der Waals surface area contributed by atoms with E-state index in [0.717, 1.165) is 90.5 Å². The summed E-state index contributed by atoms with van der Waals surface area (Å²) >= 11 is 0. The molecular weight excluding hydrogens is 1120 g/mol. The zero-order valence-electron chi connectivity index (χ0n) is 49.6. The number of aromatic nitrogens is 2. The SMILES string of the molecule is c1ccc2c(c1)Oc1ccccc1C21c2ccccc2N(c2ccc(-c3ccc4c5c3c3ccccc3n5c3ccc(-c5ccc(N6c7ccccc7C7(c8ccccc8Oc8ccccc87)c7ccccc76)cc5)c5c6ccccc6n4c53)cc2)c2ccccc21. The van der Waals surface area contributed by atoms with E-state index in [1.54, 1.807) is 0 Å². The van der Waals surface area contributed by atoms with Crippen LogP contribution >= 0.6 is 0 Å². The predicted molar refractivity (Wildman–Crippen MR) is 374 cm³/mol. The molecule has 3 aromatic heterocycles. The molecule has 0 atom stereocenters. The van der Waals surface area contributed by atoms with Gasteiger partial charge in [-0.25, -0.2) is 0 Å². The summed E-state index contributed by atoms with van der Waals surface area (Å²) in [6, 6.07) is 116. The van der Waals surface area contributed by atoms with Crippen molar-refractivity contribution in [3.05, 3.63) is 360 Å². The quantitative estimate of drug-likeness (QED) is 0.165. The third-order valence-electron chi connectivity index (χ3n) is 20.7. The van der Waals surface area contributed by atoms with Crippen molar-refractivity contribution < 1.29 is 9.47 Å². The van der Waals surface area contributed by atoms with Crippen molar-refractivity contribution in [1.29, 1.82) is 0 Å². The summed E-state index contributed by atoms with van der Waals surface area (Å²) in [6.45, 7) is 0. The molecule has 0 fully saturated rings. The van der Waals surface area contributed by atoms with Crippen LogP contribution in [0.3, 0.4) is 0 Å². The number of para-hydroxylation sites is 10. The molecule has 6 nitrogen and oxygen atoms in total. The van der Waals surface area contributed by atoms with E-state index in [2.05, 4.69) is 334 Å². The molecule has 4 aliphatic rings. The maximum absolute atomic E-state index is 6.69. The molecule has 428 valence electrons. The predicted octanol–water partition coefficient (Wildman–Crippen LogP) is 22.1. The van der Waals surface area contributed by atoms with Gasteiger partial charge in [-0.2, -0.15) is 0 Å². The Kier molecular flexibility index (Phi) is 9.89. The zero-order valence-corrected chi connectivity index (χ0v) is 49.6. The maximum Gasteiger partial charge on any atom is 0.132 e. The van der Waals surface area contributed by atoms with Gasteiger partial charge < -0.3 is 28.1 Å². The monoisotopic (exact) mass is 1170 g/mol. The molecule has 7 heterocycles. The van der Waals surface area contributed by atoms with Gasteiger partial charge in [0.25, 0.3) is 0 Å². The summed E-state index contributed by atoms with van der Waals surface area (Å²) < 4.78 is 18.5. The molecule has 0 unspecified atom stereocenters. The number of ether oxygens (including phenoxy) is 2. The lowest BCUT2D eigenvalue weighted by Gasteiger charge is -2.48. The van der Waals surface area contributed by atoms with E-state index in [1.165, 1.54) is 88.0 Å². The molecule has 0 aliphatic carbocycles. The van der Waals surface area contributed by atoms with E-state index in [1.807, 2.05) is 0 Å². The minimum atomic E-state index is -0.598. The van der Waals surface area contributed by atoms with Crippen LogP contribution in [0.4, 0.5) is 34.1 Å². The van der Waals surface area contributed by atoms with Crippen molar-refractivity contribution in [2.45, 2.75) is 10.8 Å². The fourth-order valence-corrected chi connectivity index (χ4v) is 17.3. The molecule has 17 aromatic rings. The van der Waals surface area contributed by atoms with Crippen LogP contribution in [0.1, 0.15) is 44.5 Å². The Morgan fingerprint density at radius 1 is 0.228 bits per heavy atom. The number of anilines is 6. The average molecular weight is 1170 g/mol. The van der Waals surface area contributed by atoms with E-state index in [4.69, 9.17) is 9.47 Å². The van der Waals surface area contributed by atoms with Crippen LogP contribution in [-0.2, 0) is 10.8 Å². The van der Waals surface area contributed by atoms with Gasteiger partial charge in [-0.1, -0.05) is 218 Å². The van der Waals surface area contributed by atoms with Crippen LogP contribution in [0.5, 0.6) is 23.0 Å². The Morgan fingerprint density at radius 3 is 0.848 bits per heavy atom. The van der Waals surface area contributed by atoms with E-state index in [-0.39, 0.29) is 0 Å². The van der Waals surface area contributed by atoms with Crippen LogP contribution < -0.4 is 19.3 Å². The number of rotatable bonds is 4. The lowest BCUT2D eigenvalue weighted by molar-refractivity contribution is 0.434. The molecule has 0 bridgehead atoms. The Bertz CT molecular complexity index is 5440. The molecule has 2 spiro atoms. The molecule has 0 amide bonds. The van der Waals surface area contributed by atoms with Crippen LogP contribution in [0.25, 0.3) is 76.9 Å². The first-order valence-electron chi connectivity index (χ1n) is 31.7. The highest BCUT2D eigenvalue weighted by Crippen LogP contribution is 2.65. The van der Waals surface area contributed by atoms with Gasteiger partial charge in [-0.05, 0) is 142 Å². The second kappa shape index (κ2) is 18.3. The third-order valence-corrected chi connectivity index (χ3v) is 20.7. The van der Waals surface area contributed by atoms with E-state index in [9.17, 15) is 0 Å². The fourth-order valence-electron chi connectivity index (χ4n) is 17.3. The molecule has 6 heteroatoms. The fraction of sp³-hybridized carbons (Fsp3) is 0.0233. The van der Waals surface area contributed by atoms with Crippen LogP contribution in [0.15, 0.2) is 315 Å². The molecule has 14 aromatic carbocycles. The van der Waals surface area contributed by atoms with Gasteiger partial charge in [-0.3, -0.25) is 0 Å². The minimum absolute atomic E-state index is 0.598. The van der Waals surface area contributed by atoms with E-state index >= 15 is 0 Å². The van der Waals surface area contributed by atoms with Gasteiger partial charge in [0.1, 0.15) is 23.0 Å². The molecule has 0 N–H and O–H groups in total. The summed E-state index contributed by atoms with van der Waals surface area (Å²) in [4.78, 5) is 4.91. The number of fused-ring (bicyclic) bond motifs is 24. The Hall–Kier alpha value is -12.1. The molecule has 0 saturated heterocycles. The van der Waals surface area contributed by atoms with Crippen molar-refractivity contribution in [1.82, 2.24) is 8.80 Å². The van der Waals surface area contributed by atoms with E-state index in [0.29, 0.717) is 0 Å². The molecule has 0 saturated carbocycles. The molecule has 92 heavy (non-hydrogen) atoms. The van der Waals surface area contributed by atoms with Crippen LogP contribution in [0.2, 0.25) is 0 Å². The van der Waals surface area contributed by atoms with Gasteiger partial charge in [0.2, 0.25) is 0 Å². The number of nitrogens with zero attached hydrogens (tertiary/aromatic N) is 4. The van der Waals surface area contributed by atoms with Crippen molar-refractivity contribution in [3.63, 3.8) is 0 Å². The van der Waals surface area contributed by atoms with Gasteiger partial charge in [0, 0.05) is 55.2 Å². The smallest absolute Gasteiger partial charge is 0.132 e. The molecule has 0 radical (unpaired) electrons. The molecule has 21 rings (SSSR count). The third kappa shape index (κ3) is 6.23. The average Bonchev–Trinajstić information content (AvgIpc) is 0.867. The number of benzene rings is 14. The summed E-state index contributed by atoms with van der Waals surface area (Å²) in [7, 11) is 0. The Morgan fingerprint density at radius 2 is 0.511 bits per heavy atom. The van der Waals surface area contributed by atoms with Crippen molar-refractivity contribution in [3.8, 4) is 45.3 Å². The van der Waals surface area contributed by atoms with Crippen LogP contribution in [-0.4, -0.2) is 8.80 Å². The second-order valence-corrected chi connectivity index (χ2v) is 24.9. The molecule has 4 aliphatic heterocycles. The molecular formula is C86H52N4O2.